The molecular weight excluding hydrogens is 258 g/mol. The molecule has 5 nitrogen and oxygen atoms in total. The van der Waals surface area contributed by atoms with Crippen LogP contribution in [-0.2, 0) is 10.4 Å². The number of amides is 1. The van der Waals surface area contributed by atoms with E-state index in [4.69, 9.17) is 15.2 Å². The molecule has 0 fully saturated rings. The summed E-state index contributed by atoms with van der Waals surface area (Å²) in [5, 5.41) is 10.9. The third kappa shape index (κ3) is 1.71. The lowest BCUT2D eigenvalue weighted by Gasteiger charge is -2.26. The molecule has 0 saturated carbocycles. The maximum atomic E-state index is 11.9. The van der Waals surface area contributed by atoms with E-state index in [2.05, 4.69) is 0 Å². The van der Waals surface area contributed by atoms with Gasteiger partial charge in [-0.25, -0.2) is 0 Å². The van der Waals surface area contributed by atoms with Crippen LogP contribution in [-0.4, -0.2) is 17.8 Å². The molecule has 0 aliphatic carbocycles. The van der Waals surface area contributed by atoms with E-state index in [0.29, 0.717) is 17.1 Å². The van der Waals surface area contributed by atoms with Crippen molar-refractivity contribution in [2.45, 2.75) is 5.60 Å². The van der Waals surface area contributed by atoms with Gasteiger partial charge in [-0.05, 0) is 11.6 Å². The number of hydrogen-bond donors (Lipinski definition) is 2. The van der Waals surface area contributed by atoms with Gasteiger partial charge in [0, 0.05) is 5.56 Å². The van der Waals surface area contributed by atoms with Gasteiger partial charge >= 0.3 is 0 Å². The summed E-state index contributed by atoms with van der Waals surface area (Å²) in [6, 6.07) is 13.5. The molecule has 1 amide bonds. The van der Waals surface area contributed by atoms with E-state index >= 15 is 0 Å². The molecular formula is C15H13NO4. The van der Waals surface area contributed by atoms with E-state index in [-0.39, 0.29) is 12.4 Å². The summed E-state index contributed by atoms with van der Waals surface area (Å²) in [5.41, 5.74) is 4.15. The molecule has 102 valence electrons. The highest BCUT2D eigenvalue weighted by Gasteiger charge is 2.42. The minimum Gasteiger partial charge on any atom is -0.454 e. The molecule has 5 heteroatoms. The van der Waals surface area contributed by atoms with E-state index in [0.717, 1.165) is 0 Å². The highest BCUT2D eigenvalue weighted by molar-refractivity contribution is 5.89. The number of fused-ring (bicyclic) bond motifs is 1. The van der Waals surface area contributed by atoms with Crippen molar-refractivity contribution in [2.24, 2.45) is 5.73 Å². The second-order valence-electron chi connectivity index (χ2n) is 4.48. The second kappa shape index (κ2) is 4.54. The first-order valence-corrected chi connectivity index (χ1v) is 6.11. The summed E-state index contributed by atoms with van der Waals surface area (Å²) in [7, 11) is 0. The summed E-state index contributed by atoms with van der Waals surface area (Å²) >= 11 is 0. The first kappa shape index (κ1) is 12.5. The van der Waals surface area contributed by atoms with Crippen LogP contribution in [0, 0.1) is 0 Å². The van der Waals surface area contributed by atoms with Gasteiger partial charge in [0.2, 0.25) is 6.79 Å². The summed E-state index contributed by atoms with van der Waals surface area (Å²) in [5.74, 6) is -0.0386. The van der Waals surface area contributed by atoms with Crippen molar-refractivity contribution in [3.05, 3.63) is 59.7 Å². The van der Waals surface area contributed by atoms with Gasteiger partial charge in [-0.15, -0.1) is 0 Å². The summed E-state index contributed by atoms with van der Waals surface area (Å²) in [4.78, 5) is 11.9. The standard InChI is InChI=1S/C15H13NO4/c16-14(17)15(18,10-5-2-1-3-6-10)11-7-4-8-12-13(11)20-9-19-12/h1-8,18H,9H2,(H2,16,17). The van der Waals surface area contributed by atoms with E-state index in [9.17, 15) is 9.90 Å². The Morgan fingerprint density at radius 3 is 2.55 bits per heavy atom. The highest BCUT2D eigenvalue weighted by Crippen LogP contribution is 2.43. The minimum absolute atomic E-state index is 0.0516. The first-order valence-electron chi connectivity index (χ1n) is 6.11. The Morgan fingerprint density at radius 2 is 1.85 bits per heavy atom. The molecule has 1 aliphatic heterocycles. The highest BCUT2D eigenvalue weighted by atomic mass is 16.7. The van der Waals surface area contributed by atoms with Crippen molar-refractivity contribution in [3.63, 3.8) is 0 Å². The van der Waals surface area contributed by atoms with Gasteiger partial charge in [0.1, 0.15) is 0 Å². The Morgan fingerprint density at radius 1 is 1.10 bits per heavy atom. The maximum Gasteiger partial charge on any atom is 0.258 e. The van der Waals surface area contributed by atoms with Crippen LogP contribution in [0.3, 0.4) is 0 Å². The number of benzene rings is 2. The monoisotopic (exact) mass is 271 g/mol. The SMILES string of the molecule is NC(=O)C(O)(c1ccccc1)c1cccc2c1OCO2. The van der Waals surface area contributed by atoms with Crippen LogP contribution in [0.15, 0.2) is 48.5 Å². The molecule has 1 unspecified atom stereocenters. The van der Waals surface area contributed by atoms with Gasteiger partial charge in [0.05, 0.1) is 0 Å². The van der Waals surface area contributed by atoms with Gasteiger partial charge in [-0.2, -0.15) is 0 Å². The van der Waals surface area contributed by atoms with Crippen molar-refractivity contribution < 1.29 is 19.4 Å². The fourth-order valence-electron chi connectivity index (χ4n) is 2.33. The number of nitrogens with two attached hydrogens (primary N) is 1. The minimum atomic E-state index is -1.96. The first-order chi connectivity index (χ1) is 9.64. The third-order valence-electron chi connectivity index (χ3n) is 3.33. The smallest absolute Gasteiger partial charge is 0.258 e. The molecule has 0 spiro atoms. The Labute approximate surface area is 115 Å². The predicted molar refractivity (Wildman–Crippen MR) is 71.2 cm³/mol. The molecule has 1 atom stereocenters. The molecule has 2 aromatic carbocycles. The molecule has 0 radical (unpaired) electrons. The molecule has 2 aromatic rings. The van der Waals surface area contributed by atoms with Crippen molar-refractivity contribution >= 4 is 5.91 Å². The van der Waals surface area contributed by atoms with Crippen LogP contribution in [0.5, 0.6) is 11.5 Å². The van der Waals surface area contributed by atoms with Crippen molar-refractivity contribution in [1.29, 1.82) is 0 Å². The van der Waals surface area contributed by atoms with Gasteiger partial charge < -0.3 is 20.3 Å². The predicted octanol–water partition coefficient (Wildman–Crippen LogP) is 1.14. The molecule has 0 saturated heterocycles. The Hall–Kier alpha value is -2.53. The Bertz CT molecular complexity index is 656. The number of para-hydroxylation sites is 1. The molecule has 1 aliphatic rings. The zero-order valence-electron chi connectivity index (χ0n) is 10.6. The fourth-order valence-corrected chi connectivity index (χ4v) is 2.33. The number of rotatable bonds is 3. The lowest BCUT2D eigenvalue weighted by Crippen LogP contribution is -2.42. The van der Waals surface area contributed by atoms with E-state index < -0.39 is 11.5 Å². The largest absolute Gasteiger partial charge is 0.454 e. The average molecular weight is 271 g/mol. The molecule has 1 heterocycles. The fraction of sp³-hybridized carbons (Fsp3) is 0.133. The molecule has 0 aromatic heterocycles. The maximum absolute atomic E-state index is 11.9. The van der Waals surface area contributed by atoms with Gasteiger partial charge in [0.25, 0.3) is 5.91 Å². The van der Waals surface area contributed by atoms with Gasteiger partial charge in [-0.3, -0.25) is 4.79 Å². The number of carbonyl (C=O) groups is 1. The van der Waals surface area contributed by atoms with Gasteiger partial charge in [0.15, 0.2) is 17.1 Å². The lowest BCUT2D eigenvalue weighted by atomic mass is 9.85. The lowest BCUT2D eigenvalue weighted by molar-refractivity contribution is -0.133. The number of aliphatic hydroxyl groups is 1. The van der Waals surface area contributed by atoms with E-state index in [1.807, 2.05) is 0 Å². The quantitative estimate of drug-likeness (QED) is 0.877. The van der Waals surface area contributed by atoms with Crippen molar-refractivity contribution in [3.8, 4) is 11.5 Å². The van der Waals surface area contributed by atoms with Crippen LogP contribution in [0.2, 0.25) is 0 Å². The zero-order chi connectivity index (χ0) is 14.2. The molecule has 0 bridgehead atoms. The van der Waals surface area contributed by atoms with Gasteiger partial charge in [-0.1, -0.05) is 42.5 Å². The number of carbonyl (C=O) groups excluding carboxylic acids is 1. The van der Waals surface area contributed by atoms with E-state index in [1.54, 1.807) is 48.5 Å². The number of primary amides is 1. The normalized spacial score (nSPS) is 15.7. The van der Waals surface area contributed by atoms with Crippen LogP contribution in [0.25, 0.3) is 0 Å². The summed E-state index contributed by atoms with van der Waals surface area (Å²) in [6.07, 6.45) is 0. The Balaban J connectivity index is 2.23. The van der Waals surface area contributed by atoms with Crippen LogP contribution in [0.1, 0.15) is 11.1 Å². The van der Waals surface area contributed by atoms with Crippen LogP contribution >= 0.6 is 0 Å². The third-order valence-corrected chi connectivity index (χ3v) is 3.33. The van der Waals surface area contributed by atoms with Crippen LogP contribution < -0.4 is 15.2 Å². The Kier molecular flexibility index (Phi) is 2.84. The average Bonchev–Trinajstić information content (AvgIpc) is 2.95. The molecule has 3 N–H and O–H groups in total. The van der Waals surface area contributed by atoms with Crippen LogP contribution in [0.4, 0.5) is 0 Å². The van der Waals surface area contributed by atoms with Crippen molar-refractivity contribution in [2.75, 3.05) is 6.79 Å². The second-order valence-corrected chi connectivity index (χ2v) is 4.48. The zero-order valence-corrected chi connectivity index (χ0v) is 10.6. The topological polar surface area (TPSA) is 81.8 Å². The van der Waals surface area contributed by atoms with Crippen molar-refractivity contribution in [1.82, 2.24) is 0 Å². The summed E-state index contributed by atoms with van der Waals surface area (Å²) < 4.78 is 10.6. The molecule has 20 heavy (non-hydrogen) atoms. The number of ether oxygens (including phenoxy) is 2. The number of hydrogen-bond acceptors (Lipinski definition) is 4. The molecule has 3 rings (SSSR count). The van der Waals surface area contributed by atoms with E-state index in [1.165, 1.54) is 0 Å². The summed E-state index contributed by atoms with van der Waals surface area (Å²) in [6.45, 7) is 0.0516.